The van der Waals surface area contributed by atoms with Crippen molar-refractivity contribution >= 4 is 5.91 Å². The van der Waals surface area contributed by atoms with Gasteiger partial charge in [0.1, 0.15) is 5.75 Å². The zero-order valence-electron chi connectivity index (χ0n) is 12.9. The first-order chi connectivity index (χ1) is 10.1. The van der Waals surface area contributed by atoms with Crippen molar-refractivity contribution in [3.63, 3.8) is 0 Å². The fourth-order valence-corrected chi connectivity index (χ4v) is 3.83. The summed E-state index contributed by atoms with van der Waals surface area (Å²) >= 11 is 0. The summed E-state index contributed by atoms with van der Waals surface area (Å²) in [6.07, 6.45) is 3.47. The monoisotopic (exact) mass is 288 g/mol. The van der Waals surface area contributed by atoms with Crippen LogP contribution >= 0.6 is 0 Å². The highest BCUT2D eigenvalue weighted by Gasteiger charge is 2.36. The molecule has 1 amide bonds. The number of fused-ring (bicyclic) bond motifs is 1. The number of hydrogen-bond acceptors (Lipinski definition) is 3. The number of aromatic hydroxyl groups is 1. The minimum Gasteiger partial charge on any atom is -0.507 e. The number of rotatable bonds is 1. The Bertz CT molecular complexity index is 544. The minimum absolute atomic E-state index is 0.0285. The molecule has 0 aromatic heterocycles. The maximum absolute atomic E-state index is 12.6. The number of carbonyl (C=O) groups is 1. The second-order valence-corrected chi connectivity index (χ2v) is 6.51. The van der Waals surface area contributed by atoms with Gasteiger partial charge >= 0.3 is 0 Å². The SMILES string of the molecule is Cc1ccc(C(=O)N2CCC3C(CCCN3C)C2)c(O)c1. The predicted octanol–water partition coefficient (Wildman–Crippen LogP) is 2.26. The fourth-order valence-electron chi connectivity index (χ4n) is 3.83. The van der Waals surface area contributed by atoms with E-state index in [1.165, 1.54) is 19.4 Å². The Morgan fingerprint density at radius 1 is 1.29 bits per heavy atom. The Balaban J connectivity index is 1.74. The van der Waals surface area contributed by atoms with Gasteiger partial charge in [-0.25, -0.2) is 0 Å². The molecule has 1 aromatic carbocycles. The van der Waals surface area contributed by atoms with Crippen LogP contribution in [0.4, 0.5) is 0 Å². The van der Waals surface area contributed by atoms with Gasteiger partial charge in [0.05, 0.1) is 5.56 Å². The number of likely N-dealkylation sites (tertiary alicyclic amines) is 2. The average molecular weight is 288 g/mol. The van der Waals surface area contributed by atoms with Crippen LogP contribution in [0.5, 0.6) is 5.75 Å². The number of piperidine rings is 2. The van der Waals surface area contributed by atoms with Crippen molar-refractivity contribution in [3.05, 3.63) is 29.3 Å². The van der Waals surface area contributed by atoms with E-state index in [0.717, 1.165) is 25.1 Å². The van der Waals surface area contributed by atoms with Crippen molar-refractivity contribution in [2.24, 2.45) is 5.92 Å². The molecule has 0 spiro atoms. The van der Waals surface area contributed by atoms with Crippen molar-refractivity contribution < 1.29 is 9.90 Å². The molecule has 0 saturated carbocycles. The highest BCUT2D eigenvalue weighted by Crippen LogP contribution is 2.31. The third-order valence-electron chi connectivity index (χ3n) is 5.02. The van der Waals surface area contributed by atoms with Crippen LogP contribution in [0.25, 0.3) is 0 Å². The number of aryl methyl sites for hydroxylation is 1. The molecule has 0 radical (unpaired) electrons. The highest BCUT2D eigenvalue weighted by atomic mass is 16.3. The quantitative estimate of drug-likeness (QED) is 0.862. The Kier molecular flexibility index (Phi) is 3.89. The Labute approximate surface area is 126 Å². The van der Waals surface area contributed by atoms with E-state index >= 15 is 0 Å². The molecule has 2 fully saturated rings. The van der Waals surface area contributed by atoms with Gasteiger partial charge in [-0.2, -0.15) is 0 Å². The van der Waals surface area contributed by atoms with Gasteiger partial charge in [-0.1, -0.05) is 6.07 Å². The number of carbonyl (C=O) groups excluding carboxylic acids is 1. The van der Waals surface area contributed by atoms with Crippen LogP contribution < -0.4 is 0 Å². The summed E-state index contributed by atoms with van der Waals surface area (Å²) in [5.41, 5.74) is 1.40. The molecule has 4 heteroatoms. The van der Waals surface area contributed by atoms with Crippen LogP contribution in [-0.2, 0) is 0 Å². The van der Waals surface area contributed by atoms with E-state index in [1.807, 2.05) is 17.9 Å². The van der Waals surface area contributed by atoms with Crippen LogP contribution in [0.2, 0.25) is 0 Å². The molecule has 2 saturated heterocycles. The normalized spacial score (nSPS) is 26.5. The topological polar surface area (TPSA) is 43.8 Å². The zero-order valence-corrected chi connectivity index (χ0v) is 12.9. The van der Waals surface area contributed by atoms with Crippen molar-refractivity contribution in [3.8, 4) is 5.75 Å². The zero-order chi connectivity index (χ0) is 15.0. The van der Waals surface area contributed by atoms with Crippen molar-refractivity contribution in [2.45, 2.75) is 32.2 Å². The van der Waals surface area contributed by atoms with E-state index in [9.17, 15) is 9.90 Å². The molecule has 114 valence electrons. The molecule has 21 heavy (non-hydrogen) atoms. The summed E-state index contributed by atoms with van der Waals surface area (Å²) in [7, 11) is 2.19. The lowest BCUT2D eigenvalue weighted by Gasteiger charge is -2.46. The summed E-state index contributed by atoms with van der Waals surface area (Å²) < 4.78 is 0. The van der Waals surface area contributed by atoms with E-state index < -0.39 is 0 Å². The van der Waals surface area contributed by atoms with E-state index in [1.54, 1.807) is 12.1 Å². The van der Waals surface area contributed by atoms with E-state index in [2.05, 4.69) is 11.9 Å². The molecule has 3 rings (SSSR count). The van der Waals surface area contributed by atoms with Gasteiger partial charge in [0, 0.05) is 19.1 Å². The summed E-state index contributed by atoms with van der Waals surface area (Å²) in [4.78, 5) is 17.0. The Hall–Kier alpha value is -1.55. The molecule has 2 aliphatic heterocycles. The number of phenols is 1. The molecule has 1 N–H and O–H groups in total. The molecule has 1 aromatic rings. The first kappa shape index (κ1) is 14.4. The summed E-state index contributed by atoms with van der Waals surface area (Å²) in [5.74, 6) is 0.649. The average Bonchev–Trinajstić information content (AvgIpc) is 2.46. The third-order valence-corrected chi connectivity index (χ3v) is 5.02. The molecule has 2 aliphatic rings. The second kappa shape index (κ2) is 5.68. The number of nitrogens with zero attached hydrogens (tertiary/aromatic N) is 2. The van der Waals surface area contributed by atoms with Gasteiger partial charge in [0.15, 0.2) is 0 Å². The molecule has 4 nitrogen and oxygen atoms in total. The number of benzene rings is 1. The summed E-state index contributed by atoms with van der Waals surface area (Å²) in [6.45, 7) is 4.70. The molecular formula is C17H24N2O2. The van der Waals surface area contributed by atoms with Crippen LogP contribution in [0.15, 0.2) is 18.2 Å². The molecule has 0 aliphatic carbocycles. The van der Waals surface area contributed by atoms with Crippen molar-refractivity contribution in [2.75, 3.05) is 26.7 Å². The first-order valence-corrected chi connectivity index (χ1v) is 7.85. The molecule has 2 unspecified atom stereocenters. The number of hydrogen-bond donors (Lipinski definition) is 1. The Morgan fingerprint density at radius 2 is 2.10 bits per heavy atom. The second-order valence-electron chi connectivity index (χ2n) is 6.51. The third kappa shape index (κ3) is 2.77. The maximum Gasteiger partial charge on any atom is 0.257 e. The van der Waals surface area contributed by atoms with Crippen molar-refractivity contribution in [1.82, 2.24) is 9.80 Å². The van der Waals surface area contributed by atoms with Crippen LogP contribution in [0, 0.1) is 12.8 Å². The van der Waals surface area contributed by atoms with Gasteiger partial charge < -0.3 is 14.9 Å². The summed E-state index contributed by atoms with van der Waals surface area (Å²) in [6, 6.07) is 5.91. The first-order valence-electron chi connectivity index (χ1n) is 7.85. The molecular weight excluding hydrogens is 264 g/mol. The molecule has 2 heterocycles. The van der Waals surface area contributed by atoms with E-state index in [4.69, 9.17) is 0 Å². The lowest BCUT2D eigenvalue weighted by molar-refractivity contribution is 0.0315. The van der Waals surface area contributed by atoms with Crippen LogP contribution in [0.1, 0.15) is 35.2 Å². The molecule has 0 bridgehead atoms. The minimum atomic E-state index is -0.0285. The van der Waals surface area contributed by atoms with Crippen molar-refractivity contribution in [1.29, 1.82) is 0 Å². The predicted molar refractivity (Wildman–Crippen MR) is 82.5 cm³/mol. The van der Waals surface area contributed by atoms with Crippen LogP contribution in [-0.4, -0.2) is 53.5 Å². The van der Waals surface area contributed by atoms with Gasteiger partial charge in [-0.05, 0) is 63.4 Å². The smallest absolute Gasteiger partial charge is 0.257 e. The highest BCUT2D eigenvalue weighted by molar-refractivity contribution is 5.97. The molecule has 2 atom stereocenters. The van der Waals surface area contributed by atoms with E-state index in [-0.39, 0.29) is 11.7 Å². The largest absolute Gasteiger partial charge is 0.507 e. The summed E-state index contributed by atoms with van der Waals surface area (Å²) in [5, 5.41) is 10.0. The van der Waals surface area contributed by atoms with Gasteiger partial charge in [-0.3, -0.25) is 4.79 Å². The fraction of sp³-hybridized carbons (Fsp3) is 0.588. The van der Waals surface area contributed by atoms with Crippen LogP contribution in [0.3, 0.4) is 0 Å². The number of phenolic OH excluding ortho intramolecular Hbond substituents is 1. The lowest BCUT2D eigenvalue weighted by Crippen LogP contribution is -2.53. The maximum atomic E-state index is 12.6. The van der Waals surface area contributed by atoms with E-state index in [0.29, 0.717) is 17.5 Å². The Morgan fingerprint density at radius 3 is 2.86 bits per heavy atom. The number of amides is 1. The van der Waals surface area contributed by atoms with Gasteiger partial charge in [-0.15, -0.1) is 0 Å². The van der Waals surface area contributed by atoms with Gasteiger partial charge in [0.2, 0.25) is 0 Å². The van der Waals surface area contributed by atoms with Gasteiger partial charge in [0.25, 0.3) is 5.91 Å². The standard InChI is InChI=1S/C17H24N2O2/c1-12-5-6-14(16(20)10-12)17(21)19-9-7-15-13(11-19)4-3-8-18(15)2/h5-6,10,13,15,20H,3-4,7-9,11H2,1-2H3. The lowest BCUT2D eigenvalue weighted by atomic mass is 9.84.